The van der Waals surface area contributed by atoms with E-state index in [1.165, 1.54) is 0 Å². The second kappa shape index (κ2) is 5.50. The van der Waals surface area contributed by atoms with Gasteiger partial charge in [0.05, 0.1) is 19.1 Å². The monoisotopic (exact) mass is 248 g/mol. The number of ether oxygens (including phenoxy) is 1. The van der Waals surface area contributed by atoms with Crippen LogP contribution in [-0.4, -0.2) is 31.7 Å². The van der Waals surface area contributed by atoms with Gasteiger partial charge in [-0.3, -0.25) is 4.79 Å². The minimum Gasteiger partial charge on any atom is -0.379 e. The third-order valence-electron chi connectivity index (χ3n) is 3.34. The fraction of sp³-hybridized carbons (Fsp3) is 0.500. The van der Waals surface area contributed by atoms with E-state index in [0.717, 1.165) is 11.3 Å². The van der Waals surface area contributed by atoms with E-state index in [2.05, 4.69) is 0 Å². The molecule has 0 aliphatic carbocycles. The molecular weight excluding hydrogens is 228 g/mol. The molecule has 18 heavy (non-hydrogen) atoms. The summed E-state index contributed by atoms with van der Waals surface area (Å²) in [5, 5.41) is 0. The van der Waals surface area contributed by atoms with Crippen LogP contribution in [-0.2, 0) is 9.53 Å². The molecule has 0 aromatic heterocycles. The molecule has 98 valence electrons. The van der Waals surface area contributed by atoms with Gasteiger partial charge < -0.3 is 15.4 Å². The molecule has 0 spiro atoms. The van der Waals surface area contributed by atoms with E-state index in [0.29, 0.717) is 19.8 Å². The zero-order valence-corrected chi connectivity index (χ0v) is 10.9. The molecule has 4 heteroatoms. The Morgan fingerprint density at radius 1 is 1.50 bits per heavy atom. The highest BCUT2D eigenvalue weighted by Crippen LogP contribution is 2.21. The maximum Gasteiger partial charge on any atom is 0.234 e. The number of rotatable bonds is 3. The van der Waals surface area contributed by atoms with Gasteiger partial charge in [0.25, 0.3) is 0 Å². The van der Waals surface area contributed by atoms with Gasteiger partial charge in [-0.1, -0.05) is 12.1 Å². The van der Waals surface area contributed by atoms with Crippen LogP contribution in [0, 0.1) is 12.8 Å². The fourth-order valence-electron chi connectivity index (χ4n) is 2.29. The molecule has 0 radical (unpaired) electrons. The van der Waals surface area contributed by atoms with Crippen molar-refractivity contribution in [3.8, 4) is 0 Å². The number of hydrogen-bond acceptors (Lipinski definition) is 3. The predicted octanol–water partition coefficient (Wildman–Crippen LogP) is 1.32. The minimum atomic E-state index is -0.217. The highest BCUT2D eigenvalue weighted by Gasteiger charge is 2.34. The average Bonchev–Trinajstić information content (AvgIpc) is 2.76. The summed E-state index contributed by atoms with van der Waals surface area (Å²) in [5.41, 5.74) is 7.98. The van der Waals surface area contributed by atoms with Gasteiger partial charge in [0.15, 0.2) is 0 Å². The standard InChI is InChI=1S/C14H20N2O2/c1-3-16(11-6-4-5-10(2)7-11)14(17)12-8-18-9-13(12)15/h4-7,12-13H,3,8-9,15H2,1-2H3. The highest BCUT2D eigenvalue weighted by molar-refractivity contribution is 5.95. The van der Waals surface area contributed by atoms with Crippen LogP contribution >= 0.6 is 0 Å². The first-order valence-electron chi connectivity index (χ1n) is 6.35. The van der Waals surface area contributed by atoms with E-state index in [9.17, 15) is 4.79 Å². The van der Waals surface area contributed by atoms with Gasteiger partial charge in [0, 0.05) is 18.3 Å². The summed E-state index contributed by atoms with van der Waals surface area (Å²) in [6.07, 6.45) is 0. The summed E-state index contributed by atoms with van der Waals surface area (Å²) < 4.78 is 5.27. The SMILES string of the molecule is CCN(C(=O)C1COCC1N)c1cccc(C)c1. The third-order valence-corrected chi connectivity index (χ3v) is 3.34. The number of carbonyl (C=O) groups excluding carboxylic acids is 1. The van der Waals surface area contributed by atoms with Crippen LogP contribution in [0.25, 0.3) is 0 Å². The van der Waals surface area contributed by atoms with Crippen LogP contribution in [0.4, 0.5) is 5.69 Å². The molecular formula is C14H20N2O2. The lowest BCUT2D eigenvalue weighted by molar-refractivity contribution is -0.122. The molecule has 4 nitrogen and oxygen atoms in total. The lowest BCUT2D eigenvalue weighted by atomic mass is 10.0. The lowest BCUT2D eigenvalue weighted by Gasteiger charge is -2.25. The van der Waals surface area contributed by atoms with E-state index in [1.807, 2.05) is 38.1 Å². The second-order valence-electron chi connectivity index (χ2n) is 4.73. The van der Waals surface area contributed by atoms with Crippen LogP contribution in [0.5, 0.6) is 0 Å². The Kier molecular flexibility index (Phi) is 3.99. The van der Waals surface area contributed by atoms with Gasteiger partial charge >= 0.3 is 0 Å². The summed E-state index contributed by atoms with van der Waals surface area (Å²) in [7, 11) is 0. The van der Waals surface area contributed by atoms with E-state index in [4.69, 9.17) is 10.5 Å². The Bertz CT molecular complexity index is 434. The van der Waals surface area contributed by atoms with Gasteiger partial charge in [-0.15, -0.1) is 0 Å². The number of amides is 1. The van der Waals surface area contributed by atoms with Crippen LogP contribution in [0.2, 0.25) is 0 Å². The van der Waals surface area contributed by atoms with Gasteiger partial charge in [-0.2, -0.15) is 0 Å². The topological polar surface area (TPSA) is 55.6 Å². The maximum atomic E-state index is 12.5. The Labute approximate surface area is 108 Å². The molecule has 1 amide bonds. The highest BCUT2D eigenvalue weighted by atomic mass is 16.5. The summed E-state index contributed by atoms with van der Waals surface area (Å²) in [6, 6.07) is 7.77. The number of hydrogen-bond donors (Lipinski definition) is 1. The first kappa shape index (κ1) is 13.1. The van der Waals surface area contributed by atoms with Crippen molar-refractivity contribution in [2.24, 2.45) is 11.7 Å². The molecule has 0 saturated carbocycles. The minimum absolute atomic E-state index is 0.0631. The van der Waals surface area contributed by atoms with E-state index in [1.54, 1.807) is 4.90 Å². The Hall–Kier alpha value is -1.39. The van der Waals surface area contributed by atoms with Crippen molar-refractivity contribution in [1.29, 1.82) is 0 Å². The van der Waals surface area contributed by atoms with Crippen molar-refractivity contribution >= 4 is 11.6 Å². The van der Waals surface area contributed by atoms with Crippen molar-refractivity contribution in [3.05, 3.63) is 29.8 Å². The van der Waals surface area contributed by atoms with Crippen LogP contribution in [0.1, 0.15) is 12.5 Å². The van der Waals surface area contributed by atoms with Crippen molar-refractivity contribution in [3.63, 3.8) is 0 Å². The lowest BCUT2D eigenvalue weighted by Crippen LogP contribution is -2.43. The molecule has 1 aromatic carbocycles. The normalized spacial score (nSPS) is 23.1. The van der Waals surface area contributed by atoms with Crippen molar-refractivity contribution in [2.45, 2.75) is 19.9 Å². The predicted molar refractivity (Wildman–Crippen MR) is 71.5 cm³/mol. The Balaban J connectivity index is 2.20. The third kappa shape index (κ3) is 2.54. The Morgan fingerprint density at radius 3 is 2.83 bits per heavy atom. The number of nitrogens with two attached hydrogens (primary N) is 1. The molecule has 2 N–H and O–H groups in total. The van der Waals surface area contributed by atoms with Crippen LogP contribution in [0.15, 0.2) is 24.3 Å². The molecule has 2 unspecified atom stereocenters. The molecule has 2 atom stereocenters. The van der Waals surface area contributed by atoms with Crippen molar-refractivity contribution in [1.82, 2.24) is 0 Å². The second-order valence-corrected chi connectivity index (χ2v) is 4.73. The van der Waals surface area contributed by atoms with E-state index >= 15 is 0 Å². The molecule has 2 rings (SSSR count). The Morgan fingerprint density at radius 2 is 2.28 bits per heavy atom. The first-order valence-corrected chi connectivity index (χ1v) is 6.35. The molecule has 1 saturated heterocycles. The number of nitrogens with zero attached hydrogens (tertiary/aromatic N) is 1. The van der Waals surface area contributed by atoms with Gasteiger partial charge in [0.2, 0.25) is 5.91 Å². The van der Waals surface area contributed by atoms with Crippen molar-refractivity contribution < 1.29 is 9.53 Å². The summed E-state index contributed by atoms with van der Waals surface area (Å²) in [6.45, 7) is 5.55. The maximum absolute atomic E-state index is 12.5. The van der Waals surface area contributed by atoms with E-state index in [-0.39, 0.29) is 17.9 Å². The number of anilines is 1. The summed E-state index contributed by atoms with van der Waals surface area (Å²) in [5.74, 6) is -0.154. The van der Waals surface area contributed by atoms with Crippen LogP contribution < -0.4 is 10.6 Å². The number of benzene rings is 1. The largest absolute Gasteiger partial charge is 0.379 e. The smallest absolute Gasteiger partial charge is 0.234 e. The first-order chi connectivity index (χ1) is 8.63. The molecule has 1 heterocycles. The molecule has 1 fully saturated rings. The number of carbonyl (C=O) groups is 1. The summed E-state index contributed by atoms with van der Waals surface area (Å²) in [4.78, 5) is 14.2. The quantitative estimate of drug-likeness (QED) is 0.877. The van der Waals surface area contributed by atoms with Gasteiger partial charge in [-0.05, 0) is 31.5 Å². The summed E-state index contributed by atoms with van der Waals surface area (Å²) >= 11 is 0. The van der Waals surface area contributed by atoms with Gasteiger partial charge in [-0.25, -0.2) is 0 Å². The molecule has 0 bridgehead atoms. The molecule has 1 aliphatic rings. The average molecular weight is 248 g/mol. The zero-order valence-electron chi connectivity index (χ0n) is 10.9. The van der Waals surface area contributed by atoms with E-state index < -0.39 is 0 Å². The van der Waals surface area contributed by atoms with Crippen LogP contribution in [0.3, 0.4) is 0 Å². The zero-order chi connectivity index (χ0) is 13.1. The fourth-order valence-corrected chi connectivity index (χ4v) is 2.29. The van der Waals surface area contributed by atoms with Crippen molar-refractivity contribution in [2.75, 3.05) is 24.7 Å². The number of aryl methyl sites for hydroxylation is 1. The molecule has 1 aliphatic heterocycles. The van der Waals surface area contributed by atoms with Gasteiger partial charge in [0.1, 0.15) is 0 Å². The molecule has 1 aromatic rings.